The van der Waals surface area contributed by atoms with Gasteiger partial charge in [0, 0.05) is 17.2 Å². The van der Waals surface area contributed by atoms with Crippen LogP contribution in [0, 0.1) is 11.3 Å². The molecule has 0 unspecified atom stereocenters. The Balaban J connectivity index is 2.72. The second-order valence-electron chi connectivity index (χ2n) is 3.20. The molecule has 0 aliphatic carbocycles. The number of pyridine rings is 1. The van der Waals surface area contributed by atoms with Gasteiger partial charge in [0.2, 0.25) is 5.91 Å². The quantitative estimate of drug-likeness (QED) is 0.822. The van der Waals surface area contributed by atoms with Gasteiger partial charge in [-0.2, -0.15) is 5.26 Å². The van der Waals surface area contributed by atoms with Gasteiger partial charge in [0.15, 0.2) is 0 Å². The molecule has 1 rings (SSSR count). The first-order valence-electron chi connectivity index (χ1n) is 4.73. The van der Waals surface area contributed by atoms with E-state index in [0.29, 0.717) is 15.5 Å². The van der Waals surface area contributed by atoms with Crippen molar-refractivity contribution in [3.8, 4) is 6.07 Å². The maximum Gasteiger partial charge on any atom is 0.265 e. The minimum atomic E-state index is -0.299. The summed E-state index contributed by atoms with van der Waals surface area (Å²) in [6, 6.07) is 3.54. The zero-order chi connectivity index (χ0) is 12.8. The Bertz CT molecular complexity index is 519. The fraction of sp³-hybridized carbons (Fsp3) is 0.300. The molecule has 1 N–H and O–H groups in total. The molecular formula is C10H9Br2N3O2. The molecule has 0 fully saturated rings. The minimum Gasteiger partial charge on any atom is -0.354 e. The normalized spacial score (nSPS) is 9.71. The highest BCUT2D eigenvalue weighted by molar-refractivity contribution is 9.11. The third-order valence-electron chi connectivity index (χ3n) is 1.88. The predicted molar refractivity (Wildman–Crippen MR) is 69.3 cm³/mol. The minimum absolute atomic E-state index is 0.0672. The van der Waals surface area contributed by atoms with Gasteiger partial charge in [-0.05, 0) is 37.9 Å². The lowest BCUT2D eigenvalue weighted by Gasteiger charge is -2.07. The summed E-state index contributed by atoms with van der Waals surface area (Å²) < 4.78 is 2.38. The first-order chi connectivity index (χ1) is 8.04. The van der Waals surface area contributed by atoms with Crippen molar-refractivity contribution in [2.24, 2.45) is 0 Å². The van der Waals surface area contributed by atoms with E-state index in [2.05, 4.69) is 37.2 Å². The first kappa shape index (κ1) is 13.9. The largest absolute Gasteiger partial charge is 0.354 e. The topological polar surface area (TPSA) is 74.9 Å². The van der Waals surface area contributed by atoms with Crippen molar-refractivity contribution in [3.05, 3.63) is 31.6 Å². The first-order valence-corrected chi connectivity index (χ1v) is 6.32. The van der Waals surface area contributed by atoms with Crippen LogP contribution in [0.2, 0.25) is 0 Å². The Hall–Kier alpha value is -1.13. The summed E-state index contributed by atoms with van der Waals surface area (Å²) in [5.74, 6) is -0.299. The van der Waals surface area contributed by atoms with Crippen LogP contribution in [0.25, 0.3) is 0 Å². The van der Waals surface area contributed by atoms with Gasteiger partial charge in [0.25, 0.3) is 5.56 Å². The third kappa shape index (κ3) is 4.32. The van der Waals surface area contributed by atoms with Crippen molar-refractivity contribution in [2.75, 3.05) is 6.54 Å². The fourth-order valence-corrected chi connectivity index (χ4v) is 2.41. The highest BCUT2D eigenvalue weighted by atomic mass is 79.9. The number of carbonyl (C=O) groups is 1. The molecule has 1 aromatic heterocycles. The molecular weight excluding hydrogens is 354 g/mol. The van der Waals surface area contributed by atoms with Crippen LogP contribution < -0.4 is 10.9 Å². The lowest BCUT2D eigenvalue weighted by Crippen LogP contribution is -2.32. The molecule has 1 amide bonds. The Morgan fingerprint density at radius 1 is 1.53 bits per heavy atom. The van der Waals surface area contributed by atoms with Crippen molar-refractivity contribution in [2.45, 2.75) is 13.0 Å². The molecule has 1 aromatic rings. The van der Waals surface area contributed by atoms with Crippen LogP contribution in [0.3, 0.4) is 0 Å². The Labute approximate surface area is 115 Å². The number of halogens is 2. The molecule has 0 bridgehead atoms. The number of carbonyl (C=O) groups excluding carboxylic acids is 1. The Morgan fingerprint density at radius 3 is 2.88 bits per heavy atom. The second-order valence-corrected chi connectivity index (χ2v) is 4.97. The van der Waals surface area contributed by atoms with E-state index >= 15 is 0 Å². The number of hydrogen-bond donors (Lipinski definition) is 1. The highest BCUT2D eigenvalue weighted by Gasteiger charge is 2.07. The van der Waals surface area contributed by atoms with E-state index in [1.807, 2.05) is 6.07 Å². The fourth-order valence-electron chi connectivity index (χ4n) is 1.15. The number of aromatic nitrogens is 1. The van der Waals surface area contributed by atoms with Gasteiger partial charge in [-0.1, -0.05) is 0 Å². The number of hydrogen-bond acceptors (Lipinski definition) is 3. The van der Waals surface area contributed by atoms with Crippen molar-refractivity contribution in [3.63, 3.8) is 0 Å². The number of amides is 1. The van der Waals surface area contributed by atoms with Gasteiger partial charge in [-0.15, -0.1) is 0 Å². The molecule has 0 aliphatic rings. The molecule has 0 saturated carbocycles. The van der Waals surface area contributed by atoms with E-state index < -0.39 is 0 Å². The number of nitrogens with one attached hydrogen (secondary N) is 1. The average Bonchev–Trinajstić information content (AvgIpc) is 2.25. The number of nitrogens with zero attached hydrogens (tertiary/aromatic N) is 2. The Morgan fingerprint density at radius 2 is 2.24 bits per heavy atom. The van der Waals surface area contributed by atoms with Crippen molar-refractivity contribution >= 4 is 37.8 Å². The molecule has 1 heterocycles. The summed E-state index contributed by atoms with van der Waals surface area (Å²) in [7, 11) is 0. The van der Waals surface area contributed by atoms with Crippen molar-refractivity contribution < 1.29 is 4.79 Å². The number of nitriles is 1. The maximum absolute atomic E-state index is 11.6. The van der Waals surface area contributed by atoms with Crippen LogP contribution in [0.4, 0.5) is 0 Å². The lowest BCUT2D eigenvalue weighted by molar-refractivity contribution is -0.121. The van der Waals surface area contributed by atoms with Gasteiger partial charge >= 0.3 is 0 Å². The van der Waals surface area contributed by atoms with Crippen LogP contribution >= 0.6 is 31.9 Å². The zero-order valence-electron chi connectivity index (χ0n) is 8.74. The monoisotopic (exact) mass is 361 g/mol. The lowest BCUT2D eigenvalue weighted by atomic mass is 10.4. The summed E-state index contributed by atoms with van der Waals surface area (Å²) in [5, 5.41) is 10.9. The molecule has 0 radical (unpaired) electrons. The average molecular weight is 363 g/mol. The van der Waals surface area contributed by atoms with Gasteiger partial charge in [0.1, 0.15) is 6.54 Å². The highest BCUT2D eigenvalue weighted by Crippen LogP contribution is 2.12. The molecule has 0 aliphatic heterocycles. The van der Waals surface area contributed by atoms with E-state index in [-0.39, 0.29) is 24.4 Å². The van der Waals surface area contributed by atoms with Crippen LogP contribution in [0.5, 0.6) is 0 Å². The summed E-state index contributed by atoms with van der Waals surface area (Å²) >= 11 is 6.35. The van der Waals surface area contributed by atoms with E-state index in [1.54, 1.807) is 6.07 Å². The molecule has 7 heteroatoms. The van der Waals surface area contributed by atoms with Crippen LogP contribution in [-0.2, 0) is 11.3 Å². The van der Waals surface area contributed by atoms with E-state index in [1.165, 1.54) is 10.8 Å². The van der Waals surface area contributed by atoms with Gasteiger partial charge in [-0.3, -0.25) is 9.59 Å². The second kappa shape index (κ2) is 6.57. The third-order valence-corrected chi connectivity index (χ3v) is 2.88. The SMILES string of the molecule is N#CCCNC(=O)Cn1cc(Br)cc(Br)c1=O. The number of rotatable bonds is 4. The van der Waals surface area contributed by atoms with Gasteiger partial charge < -0.3 is 9.88 Å². The predicted octanol–water partition coefficient (Wildman–Crippen LogP) is 1.40. The van der Waals surface area contributed by atoms with Crippen LogP contribution in [-0.4, -0.2) is 17.0 Å². The zero-order valence-corrected chi connectivity index (χ0v) is 11.9. The molecule has 0 spiro atoms. The molecule has 5 nitrogen and oxygen atoms in total. The summed E-state index contributed by atoms with van der Waals surface area (Å²) in [6.45, 7) is 0.224. The smallest absolute Gasteiger partial charge is 0.265 e. The molecule has 0 aromatic carbocycles. The summed E-state index contributed by atoms with van der Waals surface area (Å²) in [4.78, 5) is 23.1. The summed E-state index contributed by atoms with van der Waals surface area (Å²) in [5.41, 5.74) is -0.274. The van der Waals surface area contributed by atoms with E-state index in [4.69, 9.17) is 5.26 Å². The standard InChI is InChI=1S/C10H9Br2N3O2/c11-7-4-8(12)10(17)15(5-7)6-9(16)14-3-1-2-13/h4-5H,1,3,6H2,(H,14,16). The maximum atomic E-state index is 11.6. The Kier molecular flexibility index (Phi) is 5.38. The molecule has 0 atom stereocenters. The van der Waals surface area contributed by atoms with Crippen LogP contribution in [0.15, 0.2) is 26.0 Å². The van der Waals surface area contributed by atoms with E-state index in [9.17, 15) is 9.59 Å². The van der Waals surface area contributed by atoms with Crippen molar-refractivity contribution in [1.82, 2.24) is 9.88 Å². The van der Waals surface area contributed by atoms with Gasteiger partial charge in [-0.25, -0.2) is 0 Å². The molecule has 0 saturated heterocycles. The molecule has 17 heavy (non-hydrogen) atoms. The van der Waals surface area contributed by atoms with Gasteiger partial charge in [0.05, 0.1) is 17.0 Å². The van der Waals surface area contributed by atoms with Crippen molar-refractivity contribution in [1.29, 1.82) is 5.26 Å². The molecule has 90 valence electrons. The summed E-state index contributed by atoms with van der Waals surface area (Å²) in [6.07, 6.45) is 1.79. The van der Waals surface area contributed by atoms with E-state index in [0.717, 1.165) is 0 Å². The van der Waals surface area contributed by atoms with Crippen LogP contribution in [0.1, 0.15) is 6.42 Å².